The summed E-state index contributed by atoms with van der Waals surface area (Å²) in [5.74, 6) is -0.172. The van der Waals surface area contributed by atoms with Gasteiger partial charge in [-0.05, 0) is 48.3 Å². The Kier molecular flexibility index (Phi) is 5.69. The Bertz CT molecular complexity index is 613. The van der Waals surface area contributed by atoms with Crippen LogP contribution in [-0.2, 0) is 12.8 Å². The molecule has 0 fully saturated rings. The van der Waals surface area contributed by atoms with Crippen molar-refractivity contribution >= 4 is 23.0 Å². The predicted octanol–water partition coefficient (Wildman–Crippen LogP) is 3.92. The van der Waals surface area contributed by atoms with Crippen molar-refractivity contribution in [3.05, 3.63) is 65.5 Å². The first kappa shape index (κ1) is 15.4. The zero-order valence-electron chi connectivity index (χ0n) is 12.0. The smallest absolute Gasteiger partial charge is 0.170 e. The van der Waals surface area contributed by atoms with E-state index in [2.05, 4.69) is 23.6 Å². The van der Waals surface area contributed by atoms with Crippen LogP contribution in [0, 0.1) is 5.82 Å². The third-order valence-electron chi connectivity index (χ3n) is 3.28. The maximum Gasteiger partial charge on any atom is 0.170 e. The van der Waals surface area contributed by atoms with Crippen molar-refractivity contribution in [1.82, 2.24) is 5.32 Å². The Morgan fingerprint density at radius 2 is 1.71 bits per heavy atom. The fourth-order valence-electron chi connectivity index (χ4n) is 2.13. The number of halogens is 1. The largest absolute Gasteiger partial charge is 0.362 e. The van der Waals surface area contributed by atoms with Crippen molar-refractivity contribution in [3.63, 3.8) is 0 Å². The molecule has 4 heteroatoms. The highest BCUT2D eigenvalue weighted by molar-refractivity contribution is 7.80. The Balaban J connectivity index is 1.84. The Labute approximate surface area is 130 Å². The first-order valence-electron chi connectivity index (χ1n) is 7.07. The summed E-state index contributed by atoms with van der Waals surface area (Å²) in [6, 6.07) is 14.9. The van der Waals surface area contributed by atoms with Gasteiger partial charge in [-0.15, -0.1) is 0 Å². The van der Waals surface area contributed by atoms with E-state index in [4.69, 9.17) is 12.2 Å². The van der Waals surface area contributed by atoms with E-state index in [-0.39, 0.29) is 5.82 Å². The summed E-state index contributed by atoms with van der Waals surface area (Å²) >= 11 is 5.28. The predicted molar refractivity (Wildman–Crippen MR) is 90.1 cm³/mol. The molecule has 2 N–H and O–H groups in total. The molecule has 0 bridgehead atoms. The minimum absolute atomic E-state index is 0.172. The van der Waals surface area contributed by atoms with Gasteiger partial charge in [0, 0.05) is 12.2 Å². The van der Waals surface area contributed by atoms with Gasteiger partial charge in [-0.2, -0.15) is 0 Å². The van der Waals surface area contributed by atoms with Crippen LogP contribution in [0.15, 0.2) is 48.5 Å². The molecule has 0 saturated carbocycles. The lowest BCUT2D eigenvalue weighted by molar-refractivity contribution is 0.607. The van der Waals surface area contributed by atoms with Gasteiger partial charge in [-0.25, -0.2) is 4.39 Å². The molecular weight excluding hydrogens is 283 g/mol. The summed E-state index contributed by atoms with van der Waals surface area (Å²) < 4.78 is 13.5. The fraction of sp³-hybridized carbons (Fsp3) is 0.235. The number of thiocarbonyl (C=S) groups is 1. The molecule has 110 valence electrons. The fourth-order valence-corrected chi connectivity index (χ4v) is 2.34. The summed E-state index contributed by atoms with van der Waals surface area (Å²) in [6.07, 6.45) is 1.55. The molecule has 2 aromatic rings. The molecule has 0 radical (unpaired) electrons. The second kappa shape index (κ2) is 7.74. The van der Waals surface area contributed by atoms with E-state index in [9.17, 15) is 4.39 Å². The first-order valence-corrected chi connectivity index (χ1v) is 7.47. The molecule has 2 nitrogen and oxygen atoms in total. The van der Waals surface area contributed by atoms with E-state index < -0.39 is 0 Å². The van der Waals surface area contributed by atoms with Gasteiger partial charge < -0.3 is 10.6 Å². The summed E-state index contributed by atoms with van der Waals surface area (Å²) in [7, 11) is 0. The quantitative estimate of drug-likeness (QED) is 0.819. The average molecular weight is 302 g/mol. The number of nitrogens with one attached hydrogen (secondary N) is 2. The van der Waals surface area contributed by atoms with Crippen LogP contribution in [0.3, 0.4) is 0 Å². The molecule has 0 amide bonds. The number of benzene rings is 2. The van der Waals surface area contributed by atoms with Crippen LogP contribution in [0.1, 0.15) is 18.1 Å². The molecule has 0 aliphatic carbocycles. The van der Waals surface area contributed by atoms with Gasteiger partial charge in [0.2, 0.25) is 0 Å². The third-order valence-corrected chi connectivity index (χ3v) is 3.53. The van der Waals surface area contributed by atoms with Gasteiger partial charge in [0.05, 0.1) is 0 Å². The maximum absolute atomic E-state index is 13.5. The number of hydrogen-bond acceptors (Lipinski definition) is 1. The molecule has 0 aliphatic rings. The number of anilines is 1. The van der Waals surface area contributed by atoms with Gasteiger partial charge in [-0.1, -0.05) is 43.3 Å². The van der Waals surface area contributed by atoms with Gasteiger partial charge in [0.1, 0.15) is 5.82 Å². The lowest BCUT2D eigenvalue weighted by Gasteiger charge is -2.13. The highest BCUT2D eigenvalue weighted by Gasteiger charge is 2.03. The molecule has 0 unspecified atom stereocenters. The molecule has 0 spiro atoms. The summed E-state index contributed by atoms with van der Waals surface area (Å²) in [4.78, 5) is 0. The molecule has 2 rings (SSSR count). The van der Waals surface area contributed by atoms with E-state index in [1.54, 1.807) is 12.1 Å². The number of hydrogen-bond donors (Lipinski definition) is 2. The molecule has 0 atom stereocenters. The zero-order valence-corrected chi connectivity index (χ0v) is 12.8. The van der Waals surface area contributed by atoms with Crippen molar-refractivity contribution in [2.45, 2.75) is 19.8 Å². The first-order chi connectivity index (χ1) is 10.2. The van der Waals surface area contributed by atoms with E-state index in [1.807, 2.05) is 24.3 Å². The Morgan fingerprint density at radius 3 is 2.43 bits per heavy atom. The van der Waals surface area contributed by atoms with Crippen LogP contribution in [0.5, 0.6) is 0 Å². The summed E-state index contributed by atoms with van der Waals surface area (Å²) in [5.41, 5.74) is 2.93. The SMILES string of the molecule is CCc1ccccc1NC(=S)NCCc1ccccc1F. The van der Waals surface area contributed by atoms with Crippen LogP contribution in [0.4, 0.5) is 10.1 Å². The monoisotopic (exact) mass is 302 g/mol. The van der Waals surface area contributed by atoms with Crippen molar-refractivity contribution in [2.75, 3.05) is 11.9 Å². The average Bonchev–Trinajstić information content (AvgIpc) is 2.50. The van der Waals surface area contributed by atoms with Gasteiger partial charge in [-0.3, -0.25) is 0 Å². The Hall–Kier alpha value is -1.94. The second-order valence-corrected chi connectivity index (χ2v) is 5.14. The van der Waals surface area contributed by atoms with Gasteiger partial charge in [0.15, 0.2) is 5.11 Å². The summed E-state index contributed by atoms with van der Waals surface area (Å²) in [5, 5.41) is 6.86. The standard InChI is InChI=1S/C17H19FN2S/c1-2-13-7-4-6-10-16(13)20-17(21)19-12-11-14-8-3-5-9-15(14)18/h3-10H,2,11-12H2,1H3,(H2,19,20,21). The molecule has 0 heterocycles. The molecule has 0 saturated heterocycles. The number of para-hydroxylation sites is 1. The van der Waals surface area contributed by atoms with E-state index >= 15 is 0 Å². The summed E-state index contributed by atoms with van der Waals surface area (Å²) in [6.45, 7) is 2.70. The number of rotatable bonds is 5. The number of aryl methyl sites for hydroxylation is 1. The normalized spacial score (nSPS) is 10.2. The lowest BCUT2D eigenvalue weighted by Crippen LogP contribution is -2.30. The van der Waals surface area contributed by atoms with Crippen LogP contribution >= 0.6 is 12.2 Å². The molecule has 2 aromatic carbocycles. The zero-order chi connectivity index (χ0) is 15.1. The van der Waals surface area contributed by atoms with Crippen molar-refractivity contribution in [3.8, 4) is 0 Å². The van der Waals surface area contributed by atoms with Crippen LogP contribution in [0.25, 0.3) is 0 Å². The van der Waals surface area contributed by atoms with Crippen LogP contribution in [-0.4, -0.2) is 11.7 Å². The maximum atomic E-state index is 13.5. The topological polar surface area (TPSA) is 24.1 Å². The molecular formula is C17H19FN2S. The molecule has 0 aliphatic heterocycles. The van der Waals surface area contributed by atoms with Crippen molar-refractivity contribution in [1.29, 1.82) is 0 Å². The van der Waals surface area contributed by atoms with Crippen LogP contribution in [0.2, 0.25) is 0 Å². The van der Waals surface area contributed by atoms with Crippen molar-refractivity contribution in [2.24, 2.45) is 0 Å². The second-order valence-electron chi connectivity index (χ2n) is 4.73. The molecule has 0 aromatic heterocycles. The van der Waals surface area contributed by atoms with E-state index in [1.165, 1.54) is 11.6 Å². The molecule has 21 heavy (non-hydrogen) atoms. The van der Waals surface area contributed by atoms with Gasteiger partial charge in [0.25, 0.3) is 0 Å². The minimum Gasteiger partial charge on any atom is -0.362 e. The van der Waals surface area contributed by atoms with E-state index in [0.29, 0.717) is 23.6 Å². The highest BCUT2D eigenvalue weighted by Crippen LogP contribution is 2.15. The minimum atomic E-state index is -0.172. The lowest BCUT2D eigenvalue weighted by atomic mass is 10.1. The van der Waals surface area contributed by atoms with Gasteiger partial charge >= 0.3 is 0 Å². The van der Waals surface area contributed by atoms with Crippen molar-refractivity contribution < 1.29 is 4.39 Å². The highest BCUT2D eigenvalue weighted by atomic mass is 32.1. The van der Waals surface area contributed by atoms with E-state index in [0.717, 1.165) is 12.1 Å². The Morgan fingerprint density at radius 1 is 1.05 bits per heavy atom. The third kappa shape index (κ3) is 4.53. The van der Waals surface area contributed by atoms with Crippen LogP contribution < -0.4 is 10.6 Å².